The van der Waals surface area contributed by atoms with E-state index < -0.39 is 11.4 Å². The van der Waals surface area contributed by atoms with E-state index in [1.165, 1.54) is 23.1 Å². The van der Waals surface area contributed by atoms with E-state index in [0.29, 0.717) is 42.7 Å². The van der Waals surface area contributed by atoms with Gasteiger partial charge >= 0.3 is 6.09 Å². The third kappa shape index (κ3) is 3.09. The number of carbonyl (C=O) groups excluding carboxylic acids is 2. The Morgan fingerprint density at radius 3 is 2.59 bits per heavy atom. The normalized spacial score (nSPS) is 21.8. The molecule has 1 atom stereocenters. The summed E-state index contributed by atoms with van der Waals surface area (Å²) in [7, 11) is 1.68. The number of carbonyl (C=O) groups is 2. The lowest BCUT2D eigenvalue weighted by atomic mass is 10.0. The molecule has 2 aromatic carbocycles. The number of hydrogen-bond acceptors (Lipinski definition) is 4. The first-order chi connectivity index (χ1) is 12.9. The first-order valence-corrected chi connectivity index (χ1v) is 8.69. The van der Waals surface area contributed by atoms with E-state index in [1.807, 2.05) is 0 Å². The second kappa shape index (κ2) is 6.26. The van der Waals surface area contributed by atoms with Gasteiger partial charge in [0.15, 0.2) is 5.60 Å². The molecular weight excluding hydrogens is 351 g/mol. The lowest BCUT2D eigenvalue weighted by Gasteiger charge is -2.22. The largest absolute Gasteiger partial charge is 0.507 e. The summed E-state index contributed by atoms with van der Waals surface area (Å²) in [6, 6.07) is 10.4. The van der Waals surface area contributed by atoms with Crippen molar-refractivity contribution < 1.29 is 23.8 Å². The van der Waals surface area contributed by atoms with Gasteiger partial charge in [-0.3, -0.25) is 4.79 Å². The van der Waals surface area contributed by atoms with Gasteiger partial charge in [0.2, 0.25) is 0 Å². The molecule has 0 saturated carbocycles. The van der Waals surface area contributed by atoms with E-state index in [9.17, 15) is 19.1 Å². The zero-order valence-corrected chi connectivity index (χ0v) is 14.8. The van der Waals surface area contributed by atoms with Gasteiger partial charge in [-0.1, -0.05) is 12.1 Å². The highest BCUT2D eigenvalue weighted by molar-refractivity contribution is 5.95. The summed E-state index contributed by atoms with van der Waals surface area (Å²) in [4.78, 5) is 27.6. The van der Waals surface area contributed by atoms with Gasteiger partial charge in [-0.15, -0.1) is 0 Å². The molecular formula is C20H19FN2O4. The molecule has 1 spiro atoms. The topological polar surface area (TPSA) is 70.1 Å². The zero-order valence-electron chi connectivity index (χ0n) is 14.8. The number of rotatable bonds is 2. The van der Waals surface area contributed by atoms with Crippen LogP contribution in [0.25, 0.3) is 11.1 Å². The average molecular weight is 370 g/mol. The maximum Gasteiger partial charge on any atom is 0.410 e. The SMILES string of the molecule is CN1C[C@@]2(CCN(C(=O)c3ccc(-c4cc(F)ccc4O)cc3)C2)OC1=O. The molecule has 2 saturated heterocycles. The molecule has 2 fully saturated rings. The first kappa shape index (κ1) is 17.3. The Balaban J connectivity index is 1.50. The Morgan fingerprint density at radius 2 is 1.93 bits per heavy atom. The van der Waals surface area contributed by atoms with E-state index in [-0.39, 0.29) is 17.7 Å². The van der Waals surface area contributed by atoms with Crippen molar-refractivity contribution in [2.24, 2.45) is 0 Å². The van der Waals surface area contributed by atoms with E-state index >= 15 is 0 Å². The monoisotopic (exact) mass is 370 g/mol. The zero-order chi connectivity index (χ0) is 19.2. The van der Waals surface area contributed by atoms with Gasteiger partial charge < -0.3 is 19.6 Å². The average Bonchev–Trinajstić information content (AvgIpc) is 3.19. The minimum atomic E-state index is -0.616. The number of benzene rings is 2. The molecule has 6 nitrogen and oxygen atoms in total. The Morgan fingerprint density at radius 1 is 1.19 bits per heavy atom. The van der Waals surface area contributed by atoms with Gasteiger partial charge in [-0.25, -0.2) is 9.18 Å². The Kier molecular flexibility index (Phi) is 4.02. The molecule has 0 radical (unpaired) electrons. The molecule has 2 aliphatic heterocycles. The lowest BCUT2D eigenvalue weighted by molar-refractivity contribution is 0.0553. The smallest absolute Gasteiger partial charge is 0.410 e. The molecule has 4 rings (SSSR count). The van der Waals surface area contributed by atoms with Crippen LogP contribution < -0.4 is 0 Å². The number of phenolic OH excluding ortho intramolecular Hbond substituents is 1. The van der Waals surface area contributed by atoms with Gasteiger partial charge in [-0.2, -0.15) is 0 Å². The van der Waals surface area contributed by atoms with Crippen LogP contribution in [0.2, 0.25) is 0 Å². The number of nitrogens with zero attached hydrogens (tertiary/aromatic N) is 2. The number of halogens is 1. The van der Waals surface area contributed by atoms with Crippen molar-refractivity contribution in [3.8, 4) is 16.9 Å². The predicted octanol–water partition coefficient (Wildman–Crippen LogP) is 2.87. The summed E-state index contributed by atoms with van der Waals surface area (Å²) in [5.41, 5.74) is 0.863. The maximum atomic E-state index is 13.4. The van der Waals surface area contributed by atoms with E-state index in [4.69, 9.17) is 4.74 Å². The van der Waals surface area contributed by atoms with Crippen LogP contribution in [-0.4, -0.2) is 59.2 Å². The van der Waals surface area contributed by atoms with Crippen molar-refractivity contribution in [2.45, 2.75) is 12.0 Å². The molecule has 1 N–H and O–H groups in total. The third-order valence-electron chi connectivity index (χ3n) is 5.15. The summed E-state index contributed by atoms with van der Waals surface area (Å²) in [6.45, 7) is 1.37. The van der Waals surface area contributed by atoms with Gasteiger partial charge in [0, 0.05) is 31.1 Å². The van der Waals surface area contributed by atoms with Crippen LogP contribution >= 0.6 is 0 Å². The Hall–Kier alpha value is -3.09. The number of ether oxygens (including phenoxy) is 1. The summed E-state index contributed by atoms with van der Waals surface area (Å²) in [5, 5.41) is 9.91. The number of aromatic hydroxyl groups is 1. The van der Waals surface area contributed by atoms with E-state index in [0.717, 1.165) is 0 Å². The molecule has 2 aliphatic rings. The van der Waals surface area contributed by atoms with Crippen LogP contribution in [0, 0.1) is 5.82 Å². The van der Waals surface area contributed by atoms with Crippen LogP contribution in [0.15, 0.2) is 42.5 Å². The molecule has 7 heteroatoms. The minimum absolute atomic E-state index is 0.0240. The fraction of sp³-hybridized carbons (Fsp3) is 0.300. The van der Waals surface area contributed by atoms with Crippen LogP contribution in [0.5, 0.6) is 5.75 Å². The molecule has 140 valence electrons. The van der Waals surface area contributed by atoms with Gasteiger partial charge in [0.05, 0.1) is 13.1 Å². The van der Waals surface area contributed by atoms with Crippen molar-refractivity contribution in [2.75, 3.05) is 26.7 Å². The van der Waals surface area contributed by atoms with Crippen molar-refractivity contribution in [3.05, 3.63) is 53.8 Å². The van der Waals surface area contributed by atoms with E-state index in [1.54, 1.807) is 36.2 Å². The fourth-order valence-corrected chi connectivity index (χ4v) is 3.74. The van der Waals surface area contributed by atoms with Crippen molar-refractivity contribution in [1.29, 1.82) is 0 Å². The summed E-state index contributed by atoms with van der Waals surface area (Å²) in [5.74, 6) is -0.613. The van der Waals surface area contributed by atoms with Crippen LogP contribution in [0.4, 0.5) is 9.18 Å². The van der Waals surface area contributed by atoms with Gasteiger partial charge in [0.25, 0.3) is 5.91 Å². The summed E-state index contributed by atoms with van der Waals surface area (Å²) < 4.78 is 18.9. The second-order valence-electron chi connectivity index (χ2n) is 7.12. The molecule has 2 aromatic rings. The summed E-state index contributed by atoms with van der Waals surface area (Å²) >= 11 is 0. The summed E-state index contributed by atoms with van der Waals surface area (Å²) in [6.07, 6.45) is 0.257. The quantitative estimate of drug-likeness (QED) is 0.883. The molecule has 27 heavy (non-hydrogen) atoms. The molecule has 0 aromatic heterocycles. The fourth-order valence-electron chi connectivity index (χ4n) is 3.74. The van der Waals surface area contributed by atoms with Crippen molar-refractivity contribution in [1.82, 2.24) is 9.80 Å². The van der Waals surface area contributed by atoms with E-state index in [2.05, 4.69) is 0 Å². The third-order valence-corrected chi connectivity index (χ3v) is 5.15. The van der Waals surface area contributed by atoms with Crippen LogP contribution in [0.1, 0.15) is 16.8 Å². The van der Waals surface area contributed by atoms with Crippen molar-refractivity contribution >= 4 is 12.0 Å². The maximum absolute atomic E-state index is 13.4. The lowest BCUT2D eigenvalue weighted by Crippen LogP contribution is -2.39. The first-order valence-electron chi connectivity index (χ1n) is 8.69. The Bertz CT molecular complexity index is 915. The van der Waals surface area contributed by atoms with Gasteiger partial charge in [-0.05, 0) is 35.9 Å². The molecule has 2 heterocycles. The number of likely N-dealkylation sites (N-methyl/N-ethyl adjacent to an activating group) is 1. The highest BCUT2D eigenvalue weighted by Gasteiger charge is 2.49. The highest BCUT2D eigenvalue weighted by atomic mass is 19.1. The molecule has 0 unspecified atom stereocenters. The van der Waals surface area contributed by atoms with Crippen molar-refractivity contribution in [3.63, 3.8) is 0 Å². The minimum Gasteiger partial charge on any atom is -0.507 e. The highest BCUT2D eigenvalue weighted by Crippen LogP contribution is 2.33. The number of hydrogen-bond donors (Lipinski definition) is 1. The second-order valence-corrected chi connectivity index (χ2v) is 7.12. The standard InChI is InChI=1S/C20H19FN2O4/c1-22-11-20(27-19(22)26)8-9-23(12-20)18(25)14-4-2-13(3-5-14)16-10-15(21)6-7-17(16)24/h2-7,10,24H,8-9,11-12H2,1H3/t20-/m1/s1. The number of likely N-dealkylation sites (tertiary alicyclic amines) is 1. The van der Waals surface area contributed by atoms with Crippen LogP contribution in [0.3, 0.4) is 0 Å². The van der Waals surface area contributed by atoms with Gasteiger partial charge in [0.1, 0.15) is 11.6 Å². The molecule has 0 bridgehead atoms. The van der Waals surface area contributed by atoms with Crippen LogP contribution in [-0.2, 0) is 4.74 Å². The number of phenols is 1. The Labute approximate surface area is 155 Å². The molecule has 0 aliphatic carbocycles. The predicted molar refractivity (Wildman–Crippen MR) is 95.9 cm³/mol. The molecule has 2 amide bonds. The number of amides is 2.